The second-order valence-corrected chi connectivity index (χ2v) is 6.05. The summed E-state index contributed by atoms with van der Waals surface area (Å²) in [5.41, 5.74) is 5.96. The highest BCUT2D eigenvalue weighted by Crippen LogP contribution is 2.31. The predicted octanol–water partition coefficient (Wildman–Crippen LogP) is 3.61. The Labute approximate surface area is 132 Å². The summed E-state index contributed by atoms with van der Waals surface area (Å²) in [6, 6.07) is 10.2. The van der Waals surface area contributed by atoms with Gasteiger partial charge in [-0.2, -0.15) is 0 Å². The van der Waals surface area contributed by atoms with Crippen LogP contribution in [0.2, 0.25) is 0 Å². The van der Waals surface area contributed by atoms with E-state index in [4.69, 9.17) is 0 Å². The van der Waals surface area contributed by atoms with E-state index in [0.29, 0.717) is 12.8 Å². The lowest BCUT2D eigenvalue weighted by Crippen LogP contribution is -2.36. The molecule has 3 heteroatoms. The van der Waals surface area contributed by atoms with Crippen LogP contribution in [0.1, 0.15) is 35.2 Å². The van der Waals surface area contributed by atoms with Gasteiger partial charge in [0.15, 0.2) is 0 Å². The van der Waals surface area contributed by atoms with Crippen molar-refractivity contribution in [1.29, 1.82) is 0 Å². The van der Waals surface area contributed by atoms with Crippen molar-refractivity contribution in [2.75, 3.05) is 11.4 Å². The molecule has 3 rings (SSSR count). The highest BCUT2D eigenvalue weighted by molar-refractivity contribution is 5.95. The molecule has 1 aromatic carbocycles. The fourth-order valence-corrected chi connectivity index (χ4v) is 3.25. The highest BCUT2D eigenvalue weighted by Gasteiger charge is 2.23. The summed E-state index contributed by atoms with van der Waals surface area (Å²) in [4.78, 5) is 18.9. The molecule has 0 saturated heterocycles. The second kappa shape index (κ2) is 6.30. The number of carbonyl (C=O) groups excluding carboxylic acids is 1. The van der Waals surface area contributed by atoms with Crippen molar-refractivity contribution in [3.63, 3.8) is 0 Å². The van der Waals surface area contributed by atoms with Crippen molar-refractivity contribution in [1.82, 2.24) is 4.98 Å². The van der Waals surface area contributed by atoms with E-state index in [1.54, 1.807) is 6.20 Å². The molecule has 0 atom stereocenters. The first-order valence-corrected chi connectivity index (χ1v) is 7.95. The van der Waals surface area contributed by atoms with Gasteiger partial charge in [0.1, 0.15) is 0 Å². The van der Waals surface area contributed by atoms with Crippen molar-refractivity contribution >= 4 is 11.6 Å². The fourth-order valence-electron chi connectivity index (χ4n) is 3.25. The van der Waals surface area contributed by atoms with Gasteiger partial charge in [-0.05, 0) is 68.0 Å². The van der Waals surface area contributed by atoms with Crippen LogP contribution in [0.15, 0.2) is 36.5 Å². The third-order valence-electron chi connectivity index (χ3n) is 4.32. The lowest BCUT2D eigenvalue weighted by Gasteiger charge is -2.31. The average Bonchev–Trinajstić information content (AvgIpc) is 2.53. The summed E-state index contributed by atoms with van der Waals surface area (Å²) in [5, 5.41) is 0. The molecule has 0 saturated carbocycles. The Morgan fingerprint density at radius 2 is 2.14 bits per heavy atom. The van der Waals surface area contributed by atoms with Gasteiger partial charge in [-0.15, -0.1) is 0 Å². The Kier molecular flexibility index (Phi) is 4.23. The number of carbonyl (C=O) groups is 1. The predicted molar refractivity (Wildman–Crippen MR) is 89.1 cm³/mol. The minimum absolute atomic E-state index is 0.205. The molecule has 2 heterocycles. The number of hydrogen-bond donors (Lipinski definition) is 0. The molecule has 114 valence electrons. The number of aromatic nitrogens is 1. The lowest BCUT2D eigenvalue weighted by molar-refractivity contribution is -0.118. The number of nitrogens with zero attached hydrogens (tertiary/aromatic N) is 2. The first-order chi connectivity index (χ1) is 10.6. The van der Waals surface area contributed by atoms with E-state index >= 15 is 0 Å². The molecule has 0 bridgehead atoms. The van der Waals surface area contributed by atoms with Crippen molar-refractivity contribution < 1.29 is 4.79 Å². The van der Waals surface area contributed by atoms with Gasteiger partial charge >= 0.3 is 0 Å². The number of pyridine rings is 1. The van der Waals surface area contributed by atoms with Gasteiger partial charge in [-0.25, -0.2) is 0 Å². The van der Waals surface area contributed by atoms with E-state index in [9.17, 15) is 4.79 Å². The minimum atomic E-state index is 0.205. The third-order valence-corrected chi connectivity index (χ3v) is 4.32. The van der Waals surface area contributed by atoms with Crippen LogP contribution in [-0.4, -0.2) is 17.4 Å². The van der Waals surface area contributed by atoms with Gasteiger partial charge in [0.2, 0.25) is 5.91 Å². The smallest absolute Gasteiger partial charge is 0.227 e. The van der Waals surface area contributed by atoms with Crippen LogP contribution in [0.5, 0.6) is 0 Å². The van der Waals surface area contributed by atoms with Gasteiger partial charge in [-0.1, -0.05) is 12.1 Å². The normalized spacial score (nSPS) is 13.8. The van der Waals surface area contributed by atoms with E-state index in [-0.39, 0.29) is 5.91 Å². The van der Waals surface area contributed by atoms with Gasteiger partial charge < -0.3 is 4.90 Å². The standard InChI is InChI=1S/C19H22N2O/c1-14-12-15(2)17-7-5-11-21(18(17)13-14)19(22)9-8-16-6-3-4-10-20-16/h3-4,6,10,12-13H,5,7-9,11H2,1-2H3. The number of amides is 1. The summed E-state index contributed by atoms with van der Waals surface area (Å²) in [6.45, 7) is 5.07. The van der Waals surface area contributed by atoms with E-state index in [1.807, 2.05) is 23.1 Å². The van der Waals surface area contributed by atoms with Gasteiger partial charge in [0.25, 0.3) is 0 Å². The Morgan fingerprint density at radius 1 is 1.27 bits per heavy atom. The number of benzene rings is 1. The zero-order valence-electron chi connectivity index (χ0n) is 13.3. The van der Waals surface area contributed by atoms with Crippen molar-refractivity contribution in [2.24, 2.45) is 0 Å². The van der Waals surface area contributed by atoms with E-state index < -0.39 is 0 Å². The molecule has 0 radical (unpaired) electrons. The van der Waals surface area contributed by atoms with Crippen LogP contribution in [0.3, 0.4) is 0 Å². The number of hydrogen-bond acceptors (Lipinski definition) is 2. The molecular formula is C19H22N2O. The Bertz CT molecular complexity index is 679. The van der Waals surface area contributed by atoms with Crippen LogP contribution in [-0.2, 0) is 17.6 Å². The maximum absolute atomic E-state index is 12.7. The van der Waals surface area contributed by atoms with E-state index in [0.717, 1.165) is 30.8 Å². The SMILES string of the molecule is Cc1cc(C)c2c(c1)N(C(=O)CCc1ccccn1)CCC2. The monoisotopic (exact) mass is 294 g/mol. The van der Waals surface area contributed by atoms with Crippen LogP contribution < -0.4 is 4.90 Å². The quantitative estimate of drug-likeness (QED) is 0.866. The van der Waals surface area contributed by atoms with Crippen molar-refractivity contribution in [3.05, 3.63) is 58.9 Å². The summed E-state index contributed by atoms with van der Waals surface area (Å²) < 4.78 is 0. The summed E-state index contributed by atoms with van der Waals surface area (Å²) in [5.74, 6) is 0.205. The Morgan fingerprint density at radius 3 is 2.91 bits per heavy atom. The molecule has 0 spiro atoms. The average molecular weight is 294 g/mol. The van der Waals surface area contributed by atoms with Crippen molar-refractivity contribution in [2.45, 2.75) is 39.5 Å². The zero-order chi connectivity index (χ0) is 15.5. The molecule has 0 unspecified atom stereocenters. The number of rotatable bonds is 3. The largest absolute Gasteiger partial charge is 0.312 e. The molecule has 1 aliphatic rings. The fraction of sp³-hybridized carbons (Fsp3) is 0.368. The van der Waals surface area contributed by atoms with E-state index in [2.05, 4.69) is 31.0 Å². The summed E-state index contributed by atoms with van der Waals surface area (Å²) in [6.07, 6.45) is 5.13. The number of anilines is 1. The highest BCUT2D eigenvalue weighted by atomic mass is 16.2. The maximum atomic E-state index is 12.7. The minimum Gasteiger partial charge on any atom is -0.312 e. The first-order valence-electron chi connectivity index (χ1n) is 7.95. The van der Waals surface area contributed by atoms with Gasteiger partial charge in [-0.3, -0.25) is 9.78 Å². The second-order valence-electron chi connectivity index (χ2n) is 6.05. The molecule has 0 N–H and O–H groups in total. The molecule has 2 aromatic rings. The molecule has 1 aromatic heterocycles. The number of aryl methyl sites for hydroxylation is 3. The molecular weight excluding hydrogens is 272 g/mol. The third kappa shape index (κ3) is 3.03. The van der Waals surface area contributed by atoms with Crippen LogP contribution >= 0.6 is 0 Å². The summed E-state index contributed by atoms with van der Waals surface area (Å²) in [7, 11) is 0. The molecule has 0 aliphatic carbocycles. The molecule has 22 heavy (non-hydrogen) atoms. The molecule has 3 nitrogen and oxygen atoms in total. The maximum Gasteiger partial charge on any atom is 0.227 e. The first kappa shape index (κ1) is 14.8. The topological polar surface area (TPSA) is 33.2 Å². The zero-order valence-corrected chi connectivity index (χ0v) is 13.3. The van der Waals surface area contributed by atoms with Crippen molar-refractivity contribution in [3.8, 4) is 0 Å². The van der Waals surface area contributed by atoms with Crippen LogP contribution in [0.25, 0.3) is 0 Å². The van der Waals surface area contributed by atoms with Gasteiger partial charge in [0, 0.05) is 30.5 Å². The Hall–Kier alpha value is -2.16. The summed E-state index contributed by atoms with van der Waals surface area (Å²) >= 11 is 0. The number of fused-ring (bicyclic) bond motifs is 1. The van der Waals surface area contributed by atoms with Crippen LogP contribution in [0, 0.1) is 13.8 Å². The lowest BCUT2D eigenvalue weighted by atomic mass is 9.94. The molecule has 0 fully saturated rings. The molecule has 1 amide bonds. The van der Waals surface area contributed by atoms with Crippen LogP contribution in [0.4, 0.5) is 5.69 Å². The van der Waals surface area contributed by atoms with Gasteiger partial charge in [0.05, 0.1) is 0 Å². The van der Waals surface area contributed by atoms with E-state index in [1.165, 1.54) is 16.7 Å². The Balaban J connectivity index is 1.77. The molecule has 1 aliphatic heterocycles.